The van der Waals surface area contributed by atoms with Gasteiger partial charge in [-0.15, -0.1) is 0 Å². The topological polar surface area (TPSA) is 42.0 Å². The molecular formula is C19H17FN2O. The van der Waals surface area contributed by atoms with E-state index in [-0.39, 0.29) is 11.7 Å². The highest BCUT2D eigenvalue weighted by atomic mass is 19.1. The van der Waals surface area contributed by atoms with E-state index in [1.165, 1.54) is 13.0 Å². The molecular weight excluding hydrogens is 291 g/mol. The zero-order valence-electron chi connectivity index (χ0n) is 12.8. The predicted molar refractivity (Wildman–Crippen MR) is 88.4 cm³/mol. The van der Waals surface area contributed by atoms with Gasteiger partial charge in [0.05, 0.1) is 11.6 Å². The molecule has 0 saturated carbocycles. The number of benzene rings is 2. The summed E-state index contributed by atoms with van der Waals surface area (Å²) in [6.07, 6.45) is 0.436. The predicted octanol–water partition coefficient (Wildman–Crippen LogP) is 3.79. The van der Waals surface area contributed by atoms with Crippen molar-refractivity contribution in [3.63, 3.8) is 0 Å². The van der Waals surface area contributed by atoms with Crippen molar-refractivity contribution >= 4 is 16.8 Å². The van der Waals surface area contributed by atoms with Gasteiger partial charge in [0.1, 0.15) is 5.82 Å². The van der Waals surface area contributed by atoms with E-state index in [0.717, 1.165) is 16.6 Å². The van der Waals surface area contributed by atoms with E-state index >= 15 is 0 Å². The van der Waals surface area contributed by atoms with E-state index in [9.17, 15) is 9.18 Å². The lowest BCUT2D eigenvalue weighted by Crippen LogP contribution is -2.28. The van der Waals surface area contributed by atoms with E-state index in [2.05, 4.69) is 10.3 Å². The van der Waals surface area contributed by atoms with E-state index in [0.29, 0.717) is 12.0 Å². The second-order valence-corrected chi connectivity index (χ2v) is 5.47. The molecule has 0 aliphatic carbocycles. The number of hydrogen-bond donors (Lipinski definition) is 1. The second kappa shape index (κ2) is 6.57. The maximum atomic E-state index is 14.1. The van der Waals surface area contributed by atoms with Crippen molar-refractivity contribution in [2.24, 2.45) is 0 Å². The molecule has 1 aromatic heterocycles. The van der Waals surface area contributed by atoms with Gasteiger partial charge < -0.3 is 5.32 Å². The highest BCUT2D eigenvalue weighted by molar-refractivity contribution is 5.78. The van der Waals surface area contributed by atoms with Crippen molar-refractivity contribution in [2.45, 2.75) is 19.4 Å². The summed E-state index contributed by atoms with van der Waals surface area (Å²) in [6, 6.07) is 17.8. The fourth-order valence-corrected chi connectivity index (χ4v) is 2.67. The number of carbonyl (C=O) groups is 1. The van der Waals surface area contributed by atoms with Crippen molar-refractivity contribution in [2.75, 3.05) is 0 Å². The number of para-hydroxylation sites is 1. The Kier molecular flexibility index (Phi) is 4.33. The van der Waals surface area contributed by atoms with Crippen molar-refractivity contribution in [3.05, 3.63) is 77.7 Å². The fourth-order valence-electron chi connectivity index (χ4n) is 2.67. The third kappa shape index (κ3) is 3.54. The summed E-state index contributed by atoms with van der Waals surface area (Å²) >= 11 is 0. The molecule has 0 fully saturated rings. The number of amides is 1. The highest BCUT2D eigenvalue weighted by Crippen LogP contribution is 2.22. The molecule has 1 amide bonds. The molecule has 1 atom stereocenters. The standard InChI is InChI=1S/C19H17FN2O/c1-13(23)21-19(16-7-3-4-8-17(16)20)12-15-11-10-14-6-2-5-9-18(14)22-15/h2-11,19H,12H2,1H3,(H,21,23)/t19-/m1/s1. The number of rotatable bonds is 4. The monoisotopic (exact) mass is 308 g/mol. The van der Waals surface area contributed by atoms with Crippen molar-refractivity contribution in [1.29, 1.82) is 0 Å². The zero-order chi connectivity index (χ0) is 16.2. The molecule has 0 bridgehead atoms. The van der Waals surface area contributed by atoms with E-state index < -0.39 is 6.04 Å². The van der Waals surface area contributed by atoms with Crippen LogP contribution in [0.4, 0.5) is 4.39 Å². The number of nitrogens with zero attached hydrogens (tertiary/aromatic N) is 1. The number of fused-ring (bicyclic) bond motifs is 1. The quantitative estimate of drug-likeness (QED) is 0.796. The zero-order valence-corrected chi connectivity index (χ0v) is 12.8. The normalized spacial score (nSPS) is 12.1. The van der Waals surface area contributed by atoms with E-state index in [1.807, 2.05) is 36.4 Å². The maximum absolute atomic E-state index is 14.1. The fraction of sp³-hybridized carbons (Fsp3) is 0.158. The highest BCUT2D eigenvalue weighted by Gasteiger charge is 2.17. The Balaban J connectivity index is 1.93. The number of pyridine rings is 1. The number of halogens is 1. The van der Waals surface area contributed by atoms with Crippen molar-refractivity contribution in [3.8, 4) is 0 Å². The Bertz CT molecular complexity index is 847. The van der Waals surface area contributed by atoms with Gasteiger partial charge >= 0.3 is 0 Å². The van der Waals surface area contributed by atoms with Crippen LogP contribution in [-0.2, 0) is 11.2 Å². The number of hydrogen-bond acceptors (Lipinski definition) is 2. The first-order chi connectivity index (χ1) is 11.1. The molecule has 3 rings (SSSR count). The summed E-state index contributed by atoms with van der Waals surface area (Å²) in [4.78, 5) is 16.1. The van der Waals surface area contributed by atoms with Gasteiger partial charge in [-0.25, -0.2) is 4.39 Å². The van der Waals surface area contributed by atoms with Crippen LogP contribution in [0, 0.1) is 5.82 Å². The van der Waals surface area contributed by atoms with Gasteiger partial charge in [0, 0.05) is 30.0 Å². The first-order valence-electron chi connectivity index (χ1n) is 7.49. The molecule has 23 heavy (non-hydrogen) atoms. The minimum Gasteiger partial charge on any atom is -0.349 e. The summed E-state index contributed by atoms with van der Waals surface area (Å²) in [5.74, 6) is -0.522. The van der Waals surface area contributed by atoms with Crippen LogP contribution in [-0.4, -0.2) is 10.9 Å². The van der Waals surface area contributed by atoms with Gasteiger partial charge in [-0.2, -0.15) is 0 Å². The number of aromatic nitrogens is 1. The van der Waals surface area contributed by atoms with Crippen LogP contribution in [0.1, 0.15) is 24.2 Å². The van der Waals surface area contributed by atoms with E-state index in [1.54, 1.807) is 18.2 Å². The Morgan fingerprint density at radius 2 is 1.83 bits per heavy atom. The Labute approximate surface area is 134 Å². The molecule has 3 nitrogen and oxygen atoms in total. The molecule has 0 aliphatic rings. The maximum Gasteiger partial charge on any atom is 0.217 e. The summed E-state index contributed by atoms with van der Waals surface area (Å²) < 4.78 is 14.1. The molecule has 0 unspecified atom stereocenters. The van der Waals surface area contributed by atoms with Crippen LogP contribution in [0.5, 0.6) is 0 Å². The minimum atomic E-state index is -0.442. The van der Waals surface area contributed by atoms with Gasteiger partial charge in [0.25, 0.3) is 0 Å². The molecule has 0 radical (unpaired) electrons. The molecule has 4 heteroatoms. The molecule has 2 aromatic carbocycles. The molecule has 0 spiro atoms. The molecule has 1 heterocycles. The average molecular weight is 308 g/mol. The van der Waals surface area contributed by atoms with E-state index in [4.69, 9.17) is 0 Å². The molecule has 1 N–H and O–H groups in total. The van der Waals surface area contributed by atoms with Gasteiger partial charge in [0.2, 0.25) is 5.91 Å². The third-order valence-corrected chi connectivity index (χ3v) is 3.73. The summed E-state index contributed by atoms with van der Waals surface area (Å²) in [7, 11) is 0. The molecule has 0 saturated heterocycles. The third-order valence-electron chi connectivity index (χ3n) is 3.73. The van der Waals surface area contributed by atoms with Gasteiger partial charge in [-0.1, -0.05) is 42.5 Å². The second-order valence-electron chi connectivity index (χ2n) is 5.47. The lowest BCUT2D eigenvalue weighted by molar-refractivity contribution is -0.119. The van der Waals surface area contributed by atoms with Gasteiger partial charge in [-0.05, 0) is 18.2 Å². The van der Waals surface area contributed by atoms with Gasteiger partial charge in [-0.3, -0.25) is 9.78 Å². The van der Waals surface area contributed by atoms with Crippen LogP contribution in [0.3, 0.4) is 0 Å². The van der Waals surface area contributed by atoms with Crippen molar-refractivity contribution < 1.29 is 9.18 Å². The first kappa shape index (κ1) is 15.2. The summed E-state index contributed by atoms with van der Waals surface area (Å²) in [5, 5.41) is 3.87. The number of nitrogens with one attached hydrogen (secondary N) is 1. The lowest BCUT2D eigenvalue weighted by atomic mass is 10.0. The molecule has 0 aliphatic heterocycles. The average Bonchev–Trinajstić information content (AvgIpc) is 2.54. The SMILES string of the molecule is CC(=O)N[C@H](Cc1ccc2ccccc2n1)c1ccccc1F. The smallest absolute Gasteiger partial charge is 0.217 e. The largest absolute Gasteiger partial charge is 0.349 e. The van der Waals surface area contributed by atoms with Crippen LogP contribution in [0.15, 0.2) is 60.7 Å². The molecule has 116 valence electrons. The molecule has 3 aromatic rings. The van der Waals surface area contributed by atoms with Crippen LogP contribution in [0.25, 0.3) is 10.9 Å². The van der Waals surface area contributed by atoms with Crippen LogP contribution >= 0.6 is 0 Å². The summed E-state index contributed by atoms with van der Waals surface area (Å²) in [6.45, 7) is 1.43. The minimum absolute atomic E-state index is 0.195. The Morgan fingerprint density at radius 3 is 2.61 bits per heavy atom. The van der Waals surface area contributed by atoms with Crippen LogP contribution in [0.2, 0.25) is 0 Å². The van der Waals surface area contributed by atoms with Crippen LogP contribution < -0.4 is 5.32 Å². The lowest BCUT2D eigenvalue weighted by Gasteiger charge is -2.19. The number of carbonyl (C=O) groups excluding carboxylic acids is 1. The van der Waals surface area contributed by atoms with Gasteiger partial charge in [0.15, 0.2) is 0 Å². The summed E-state index contributed by atoms with van der Waals surface area (Å²) in [5.41, 5.74) is 2.17. The van der Waals surface area contributed by atoms with Crippen molar-refractivity contribution in [1.82, 2.24) is 10.3 Å². The Hall–Kier alpha value is -2.75. The first-order valence-corrected chi connectivity index (χ1v) is 7.49. The Morgan fingerprint density at radius 1 is 1.09 bits per heavy atom.